The van der Waals surface area contributed by atoms with Crippen LogP contribution in [0.3, 0.4) is 0 Å². The van der Waals surface area contributed by atoms with Crippen LogP contribution >= 0.6 is 0 Å². The number of carbonyl (C=O) groups is 1. The van der Waals surface area contributed by atoms with E-state index in [4.69, 9.17) is 10.4 Å². The SMILES string of the molecule is N#Cc1ccc(NC(=O)c2ccnc(CO)c2)cc1. The molecule has 1 aromatic heterocycles. The zero-order valence-corrected chi connectivity index (χ0v) is 10.00. The van der Waals surface area contributed by atoms with Crippen LogP contribution in [-0.4, -0.2) is 16.0 Å². The molecule has 0 bridgehead atoms. The van der Waals surface area contributed by atoms with E-state index in [0.717, 1.165) is 0 Å². The van der Waals surface area contributed by atoms with Gasteiger partial charge in [0.1, 0.15) is 0 Å². The normalized spacial score (nSPS) is 9.68. The van der Waals surface area contributed by atoms with Gasteiger partial charge in [0.2, 0.25) is 0 Å². The van der Waals surface area contributed by atoms with Crippen molar-refractivity contribution in [1.82, 2.24) is 4.98 Å². The van der Waals surface area contributed by atoms with Gasteiger partial charge in [-0.1, -0.05) is 0 Å². The lowest BCUT2D eigenvalue weighted by Crippen LogP contribution is -2.12. The highest BCUT2D eigenvalue weighted by molar-refractivity contribution is 6.04. The summed E-state index contributed by atoms with van der Waals surface area (Å²) in [7, 11) is 0. The second-order valence-corrected chi connectivity index (χ2v) is 3.84. The minimum Gasteiger partial charge on any atom is -0.390 e. The number of nitrogens with zero attached hydrogens (tertiary/aromatic N) is 2. The summed E-state index contributed by atoms with van der Waals surface area (Å²) in [6, 6.07) is 11.7. The smallest absolute Gasteiger partial charge is 0.255 e. The van der Waals surface area contributed by atoms with Crippen LogP contribution in [0.15, 0.2) is 42.6 Å². The van der Waals surface area contributed by atoms with Crippen molar-refractivity contribution < 1.29 is 9.90 Å². The fourth-order valence-electron chi connectivity index (χ4n) is 1.54. The Bertz CT molecular complexity index is 630. The number of aromatic nitrogens is 1. The Morgan fingerprint density at radius 3 is 2.68 bits per heavy atom. The Labute approximate surface area is 110 Å². The molecule has 0 atom stereocenters. The Hall–Kier alpha value is -2.71. The van der Waals surface area contributed by atoms with E-state index in [-0.39, 0.29) is 12.5 Å². The number of rotatable bonds is 3. The molecule has 2 rings (SSSR count). The summed E-state index contributed by atoms with van der Waals surface area (Å²) in [6.07, 6.45) is 1.47. The highest BCUT2D eigenvalue weighted by Gasteiger charge is 2.07. The van der Waals surface area contributed by atoms with Gasteiger partial charge in [0.15, 0.2) is 0 Å². The number of nitrogens with one attached hydrogen (secondary N) is 1. The first-order chi connectivity index (χ1) is 9.22. The number of hydrogen-bond acceptors (Lipinski definition) is 4. The maximum atomic E-state index is 12.0. The molecule has 0 aliphatic carbocycles. The lowest BCUT2D eigenvalue weighted by molar-refractivity contribution is 0.102. The number of anilines is 1. The fourth-order valence-corrected chi connectivity index (χ4v) is 1.54. The van der Waals surface area contributed by atoms with Crippen molar-refractivity contribution >= 4 is 11.6 Å². The van der Waals surface area contributed by atoms with Crippen molar-refractivity contribution in [2.24, 2.45) is 0 Å². The van der Waals surface area contributed by atoms with Crippen molar-refractivity contribution in [3.05, 3.63) is 59.4 Å². The average molecular weight is 253 g/mol. The molecular weight excluding hydrogens is 242 g/mol. The highest BCUT2D eigenvalue weighted by atomic mass is 16.3. The van der Waals surface area contributed by atoms with Crippen molar-refractivity contribution in [3.8, 4) is 6.07 Å². The quantitative estimate of drug-likeness (QED) is 0.871. The summed E-state index contributed by atoms with van der Waals surface area (Å²) >= 11 is 0. The number of nitriles is 1. The molecule has 0 aliphatic rings. The summed E-state index contributed by atoms with van der Waals surface area (Å²) in [5.41, 5.74) is 1.99. The molecule has 0 spiro atoms. The molecular formula is C14H11N3O2. The van der Waals surface area contributed by atoms with E-state index < -0.39 is 0 Å². The number of aliphatic hydroxyl groups is 1. The number of amides is 1. The van der Waals surface area contributed by atoms with Gasteiger partial charge in [-0.15, -0.1) is 0 Å². The second kappa shape index (κ2) is 5.76. The molecule has 94 valence electrons. The van der Waals surface area contributed by atoms with E-state index in [1.54, 1.807) is 30.3 Å². The van der Waals surface area contributed by atoms with Crippen LogP contribution in [0, 0.1) is 11.3 Å². The van der Waals surface area contributed by atoms with Crippen LogP contribution in [0.1, 0.15) is 21.6 Å². The summed E-state index contributed by atoms with van der Waals surface area (Å²) in [5.74, 6) is -0.290. The first-order valence-corrected chi connectivity index (χ1v) is 5.60. The largest absolute Gasteiger partial charge is 0.390 e. The molecule has 0 saturated heterocycles. The predicted octanol–water partition coefficient (Wildman–Crippen LogP) is 1.70. The molecule has 1 aromatic carbocycles. The fraction of sp³-hybridized carbons (Fsp3) is 0.0714. The molecule has 5 nitrogen and oxygen atoms in total. The van der Waals surface area contributed by atoms with Gasteiger partial charge >= 0.3 is 0 Å². The van der Waals surface area contributed by atoms with Crippen LogP contribution in [-0.2, 0) is 6.61 Å². The number of carbonyl (C=O) groups excluding carboxylic acids is 1. The van der Waals surface area contributed by atoms with Gasteiger partial charge in [0.25, 0.3) is 5.91 Å². The zero-order valence-electron chi connectivity index (χ0n) is 10.00. The van der Waals surface area contributed by atoms with Crippen LogP contribution in [0.4, 0.5) is 5.69 Å². The Kier molecular flexibility index (Phi) is 3.86. The van der Waals surface area contributed by atoms with Crippen molar-refractivity contribution in [2.45, 2.75) is 6.61 Å². The summed E-state index contributed by atoms with van der Waals surface area (Å²) in [4.78, 5) is 15.9. The molecule has 0 radical (unpaired) electrons. The van der Waals surface area contributed by atoms with Crippen molar-refractivity contribution in [1.29, 1.82) is 5.26 Å². The number of hydrogen-bond donors (Lipinski definition) is 2. The van der Waals surface area contributed by atoms with Gasteiger partial charge in [0, 0.05) is 17.4 Å². The molecule has 0 aliphatic heterocycles. The first kappa shape index (κ1) is 12.7. The van der Waals surface area contributed by atoms with Gasteiger partial charge in [0.05, 0.1) is 23.9 Å². The molecule has 0 unspecified atom stereocenters. The number of pyridine rings is 1. The topological polar surface area (TPSA) is 86.0 Å². The zero-order chi connectivity index (χ0) is 13.7. The summed E-state index contributed by atoms with van der Waals surface area (Å²) in [5, 5.41) is 20.3. The number of benzene rings is 1. The molecule has 2 aromatic rings. The van der Waals surface area contributed by atoms with E-state index in [0.29, 0.717) is 22.5 Å². The second-order valence-electron chi connectivity index (χ2n) is 3.84. The van der Waals surface area contributed by atoms with Gasteiger partial charge in [-0.2, -0.15) is 5.26 Å². The van der Waals surface area contributed by atoms with Gasteiger partial charge in [-0.05, 0) is 36.4 Å². The summed E-state index contributed by atoms with van der Waals surface area (Å²) < 4.78 is 0. The van der Waals surface area contributed by atoms with E-state index in [9.17, 15) is 4.79 Å². The molecule has 1 amide bonds. The van der Waals surface area contributed by atoms with Crippen LogP contribution in [0.2, 0.25) is 0 Å². The third-order valence-electron chi connectivity index (χ3n) is 2.51. The lowest BCUT2D eigenvalue weighted by atomic mass is 10.2. The first-order valence-electron chi connectivity index (χ1n) is 5.60. The molecule has 0 fully saturated rings. The third kappa shape index (κ3) is 3.15. The van der Waals surface area contributed by atoms with Crippen LogP contribution < -0.4 is 5.32 Å². The minimum atomic E-state index is -0.290. The maximum absolute atomic E-state index is 12.0. The van der Waals surface area contributed by atoms with Crippen molar-refractivity contribution in [2.75, 3.05) is 5.32 Å². The molecule has 5 heteroatoms. The Morgan fingerprint density at radius 2 is 2.05 bits per heavy atom. The van der Waals surface area contributed by atoms with Crippen molar-refractivity contribution in [3.63, 3.8) is 0 Å². The van der Waals surface area contributed by atoms with E-state index in [2.05, 4.69) is 10.3 Å². The third-order valence-corrected chi connectivity index (χ3v) is 2.51. The average Bonchev–Trinajstić information content (AvgIpc) is 2.48. The lowest BCUT2D eigenvalue weighted by Gasteiger charge is -2.05. The molecule has 19 heavy (non-hydrogen) atoms. The maximum Gasteiger partial charge on any atom is 0.255 e. The molecule has 2 N–H and O–H groups in total. The highest BCUT2D eigenvalue weighted by Crippen LogP contribution is 2.11. The van der Waals surface area contributed by atoms with E-state index in [1.165, 1.54) is 12.3 Å². The molecule has 1 heterocycles. The predicted molar refractivity (Wildman–Crippen MR) is 69.3 cm³/mol. The van der Waals surface area contributed by atoms with E-state index >= 15 is 0 Å². The van der Waals surface area contributed by atoms with Gasteiger partial charge < -0.3 is 10.4 Å². The van der Waals surface area contributed by atoms with Gasteiger partial charge in [-0.3, -0.25) is 9.78 Å². The van der Waals surface area contributed by atoms with Crippen LogP contribution in [0.25, 0.3) is 0 Å². The Balaban J connectivity index is 2.13. The minimum absolute atomic E-state index is 0.210. The Morgan fingerprint density at radius 1 is 1.32 bits per heavy atom. The number of aliphatic hydroxyl groups excluding tert-OH is 1. The summed E-state index contributed by atoms with van der Waals surface area (Å²) in [6.45, 7) is -0.210. The van der Waals surface area contributed by atoms with Crippen LogP contribution in [0.5, 0.6) is 0 Å². The van der Waals surface area contributed by atoms with Gasteiger partial charge in [-0.25, -0.2) is 0 Å². The molecule has 0 saturated carbocycles. The van der Waals surface area contributed by atoms with E-state index in [1.807, 2.05) is 6.07 Å². The monoisotopic (exact) mass is 253 g/mol. The standard InChI is InChI=1S/C14H11N3O2/c15-8-10-1-3-12(4-2-10)17-14(19)11-5-6-16-13(7-11)9-18/h1-7,18H,9H2,(H,17,19).